The average Bonchev–Trinajstić information content (AvgIpc) is 3.10. The van der Waals surface area contributed by atoms with Crippen LogP contribution in [0.4, 0.5) is 5.69 Å². The highest BCUT2D eigenvalue weighted by atomic mass is 16.5. The monoisotopic (exact) mass is 284 g/mol. The maximum Gasteiger partial charge on any atom is 0.341 e. The van der Waals surface area contributed by atoms with E-state index in [-0.39, 0.29) is 5.97 Å². The summed E-state index contributed by atoms with van der Waals surface area (Å²) >= 11 is 0. The molecule has 0 amide bonds. The van der Waals surface area contributed by atoms with Crippen LogP contribution in [0.25, 0.3) is 10.9 Å². The molecule has 0 spiro atoms. The number of nitrogens with one attached hydrogen (secondary N) is 2. The number of aromatic nitrogens is 1. The van der Waals surface area contributed by atoms with Crippen LogP contribution in [0, 0.1) is 6.92 Å². The van der Waals surface area contributed by atoms with Crippen LogP contribution in [-0.2, 0) is 11.3 Å². The molecule has 0 unspecified atom stereocenters. The molecule has 5 heteroatoms. The molecule has 0 saturated heterocycles. The van der Waals surface area contributed by atoms with Gasteiger partial charge in [0.2, 0.25) is 0 Å². The first-order valence-corrected chi connectivity index (χ1v) is 6.66. The Morgan fingerprint density at radius 3 is 3.00 bits per heavy atom. The predicted octanol–water partition coefficient (Wildman–Crippen LogP) is 3.47. The normalized spacial score (nSPS) is 10.8. The quantitative estimate of drug-likeness (QED) is 0.720. The zero-order valence-corrected chi connectivity index (χ0v) is 11.9. The Kier molecular flexibility index (Phi) is 3.39. The third-order valence-electron chi connectivity index (χ3n) is 3.39. The van der Waals surface area contributed by atoms with E-state index in [1.54, 1.807) is 13.0 Å². The Labute approximate surface area is 121 Å². The van der Waals surface area contributed by atoms with Crippen molar-refractivity contribution in [2.75, 3.05) is 12.4 Å². The molecule has 3 aromatic rings. The van der Waals surface area contributed by atoms with Crippen LogP contribution in [0.5, 0.6) is 0 Å². The molecule has 0 radical (unpaired) electrons. The summed E-state index contributed by atoms with van der Waals surface area (Å²) in [5.74, 6) is 0.887. The molecular weight excluding hydrogens is 268 g/mol. The van der Waals surface area contributed by atoms with E-state index in [1.165, 1.54) is 7.11 Å². The molecule has 0 aliphatic heterocycles. The lowest BCUT2D eigenvalue weighted by Gasteiger charge is -2.04. The van der Waals surface area contributed by atoms with Gasteiger partial charge in [0.1, 0.15) is 17.1 Å². The predicted molar refractivity (Wildman–Crippen MR) is 80.4 cm³/mol. The number of rotatable bonds is 4. The number of fused-ring (bicyclic) bond motifs is 1. The van der Waals surface area contributed by atoms with Crippen molar-refractivity contribution in [3.8, 4) is 0 Å². The highest BCUT2D eigenvalue weighted by molar-refractivity contribution is 5.90. The van der Waals surface area contributed by atoms with Crippen molar-refractivity contribution in [1.82, 2.24) is 4.98 Å². The number of ether oxygens (including phenoxy) is 1. The van der Waals surface area contributed by atoms with Gasteiger partial charge in [-0.2, -0.15) is 0 Å². The van der Waals surface area contributed by atoms with Crippen molar-refractivity contribution in [2.45, 2.75) is 13.5 Å². The fourth-order valence-electron chi connectivity index (χ4n) is 2.30. The fraction of sp³-hybridized carbons (Fsp3) is 0.188. The van der Waals surface area contributed by atoms with Crippen LogP contribution < -0.4 is 5.32 Å². The number of hydrogen-bond donors (Lipinski definition) is 2. The van der Waals surface area contributed by atoms with Crippen LogP contribution in [-0.4, -0.2) is 18.1 Å². The molecule has 0 fully saturated rings. The van der Waals surface area contributed by atoms with Gasteiger partial charge < -0.3 is 19.5 Å². The maximum absolute atomic E-state index is 11.5. The molecule has 0 bridgehead atoms. The van der Waals surface area contributed by atoms with Crippen LogP contribution in [0.15, 0.2) is 40.9 Å². The van der Waals surface area contributed by atoms with Crippen LogP contribution in [0.2, 0.25) is 0 Å². The number of methoxy groups -OCH3 is 1. The number of furan rings is 1. The number of H-pyrrole nitrogens is 1. The molecule has 108 valence electrons. The van der Waals surface area contributed by atoms with E-state index in [0.29, 0.717) is 23.6 Å². The van der Waals surface area contributed by atoms with Crippen molar-refractivity contribution in [3.05, 3.63) is 53.6 Å². The summed E-state index contributed by atoms with van der Waals surface area (Å²) in [5.41, 5.74) is 2.56. The molecule has 2 heterocycles. The van der Waals surface area contributed by atoms with Gasteiger partial charge in [0, 0.05) is 22.8 Å². The molecule has 0 aliphatic rings. The number of aromatic amines is 1. The molecule has 2 aromatic heterocycles. The number of aryl methyl sites for hydroxylation is 1. The minimum Gasteiger partial charge on any atom is -0.465 e. The number of esters is 1. The van der Waals surface area contributed by atoms with Crippen molar-refractivity contribution in [1.29, 1.82) is 0 Å². The van der Waals surface area contributed by atoms with Crippen molar-refractivity contribution in [3.63, 3.8) is 0 Å². The minimum absolute atomic E-state index is 0.378. The Hall–Kier alpha value is -2.69. The summed E-state index contributed by atoms with van der Waals surface area (Å²) in [6.45, 7) is 2.26. The van der Waals surface area contributed by atoms with Gasteiger partial charge in [0.25, 0.3) is 0 Å². The fourth-order valence-corrected chi connectivity index (χ4v) is 2.30. The first-order valence-electron chi connectivity index (χ1n) is 6.66. The molecular formula is C16H16N2O3. The summed E-state index contributed by atoms with van der Waals surface area (Å²) in [4.78, 5) is 14.7. The van der Waals surface area contributed by atoms with Gasteiger partial charge >= 0.3 is 5.97 Å². The summed E-state index contributed by atoms with van der Waals surface area (Å²) in [6.07, 6.45) is 1.91. The number of hydrogen-bond acceptors (Lipinski definition) is 4. The topological polar surface area (TPSA) is 67.3 Å². The summed E-state index contributed by atoms with van der Waals surface area (Å²) < 4.78 is 10.3. The highest BCUT2D eigenvalue weighted by Gasteiger charge is 2.15. The zero-order chi connectivity index (χ0) is 14.8. The molecule has 1 aromatic carbocycles. The average molecular weight is 284 g/mol. The van der Waals surface area contributed by atoms with Crippen molar-refractivity contribution in [2.24, 2.45) is 0 Å². The number of benzene rings is 1. The molecule has 0 aliphatic carbocycles. The third kappa shape index (κ3) is 2.63. The smallest absolute Gasteiger partial charge is 0.341 e. The second-order valence-corrected chi connectivity index (χ2v) is 4.81. The Bertz CT molecular complexity index is 786. The largest absolute Gasteiger partial charge is 0.465 e. The lowest BCUT2D eigenvalue weighted by Crippen LogP contribution is -2.01. The van der Waals surface area contributed by atoms with Crippen LogP contribution in [0.1, 0.15) is 21.9 Å². The molecule has 21 heavy (non-hydrogen) atoms. The van der Waals surface area contributed by atoms with Gasteiger partial charge in [-0.3, -0.25) is 0 Å². The van der Waals surface area contributed by atoms with Crippen molar-refractivity contribution >= 4 is 22.6 Å². The van der Waals surface area contributed by atoms with Crippen molar-refractivity contribution < 1.29 is 13.9 Å². The first kappa shape index (κ1) is 13.3. The van der Waals surface area contributed by atoms with Gasteiger partial charge in [0.05, 0.1) is 13.7 Å². The van der Waals surface area contributed by atoms with E-state index in [2.05, 4.69) is 16.4 Å². The number of carbonyl (C=O) groups excluding carboxylic acids is 1. The van der Waals surface area contributed by atoms with Gasteiger partial charge in [-0.05, 0) is 37.3 Å². The maximum atomic E-state index is 11.5. The van der Waals surface area contributed by atoms with Gasteiger partial charge in [-0.25, -0.2) is 4.79 Å². The molecule has 0 atom stereocenters. The second-order valence-electron chi connectivity index (χ2n) is 4.81. The summed E-state index contributed by atoms with van der Waals surface area (Å²) in [5, 5.41) is 4.42. The third-order valence-corrected chi connectivity index (χ3v) is 3.39. The van der Waals surface area contributed by atoms with Crippen LogP contribution >= 0.6 is 0 Å². The summed E-state index contributed by atoms with van der Waals surface area (Å²) in [7, 11) is 1.36. The first-order chi connectivity index (χ1) is 10.2. The Balaban J connectivity index is 1.73. The summed E-state index contributed by atoms with van der Waals surface area (Å²) in [6, 6.07) is 9.81. The van der Waals surface area contributed by atoms with E-state index < -0.39 is 0 Å². The Morgan fingerprint density at radius 1 is 1.33 bits per heavy atom. The Morgan fingerprint density at radius 2 is 2.19 bits per heavy atom. The number of anilines is 1. The molecule has 2 N–H and O–H groups in total. The van der Waals surface area contributed by atoms with Crippen LogP contribution in [0.3, 0.4) is 0 Å². The van der Waals surface area contributed by atoms with Gasteiger partial charge in [-0.15, -0.1) is 0 Å². The highest BCUT2D eigenvalue weighted by Crippen LogP contribution is 2.20. The molecule has 3 rings (SSSR count). The molecule has 5 nitrogen and oxygen atoms in total. The zero-order valence-electron chi connectivity index (χ0n) is 11.9. The molecule has 0 saturated carbocycles. The van der Waals surface area contributed by atoms with E-state index in [0.717, 1.165) is 16.6 Å². The SMILES string of the molecule is COC(=O)c1cc(CNc2ccc3[nH]ccc3c2)oc1C. The van der Waals surface area contributed by atoms with E-state index >= 15 is 0 Å². The minimum atomic E-state index is -0.378. The lowest BCUT2D eigenvalue weighted by molar-refractivity contribution is 0.0599. The van der Waals surface area contributed by atoms with E-state index in [4.69, 9.17) is 9.15 Å². The van der Waals surface area contributed by atoms with E-state index in [9.17, 15) is 4.79 Å². The standard InChI is InChI=1S/C16H16N2O3/c1-10-14(16(19)20-2)8-13(21-10)9-18-12-3-4-15-11(7-12)5-6-17-15/h3-8,17-18H,9H2,1-2H3. The second kappa shape index (κ2) is 5.36. The van der Waals surface area contributed by atoms with Gasteiger partial charge in [0.15, 0.2) is 0 Å². The lowest BCUT2D eigenvalue weighted by atomic mass is 10.2. The van der Waals surface area contributed by atoms with Gasteiger partial charge in [-0.1, -0.05) is 0 Å². The number of carbonyl (C=O) groups is 1. The van der Waals surface area contributed by atoms with E-state index in [1.807, 2.05) is 24.4 Å².